The molecule has 72 valence electrons. The van der Waals surface area contributed by atoms with Gasteiger partial charge in [0, 0.05) is 11.9 Å². The van der Waals surface area contributed by atoms with Gasteiger partial charge in [0.15, 0.2) is 6.29 Å². The standard InChI is InChI=1S/C11H12N2O/c1-2-4-10-5-3-6-11-12-9(8-14)7-13(10)11/h3,5-8H,2,4H2,1H3. The van der Waals surface area contributed by atoms with Crippen LogP contribution in [0.25, 0.3) is 5.65 Å². The van der Waals surface area contributed by atoms with Crippen molar-refractivity contribution in [2.24, 2.45) is 0 Å². The second-order valence-corrected chi connectivity index (χ2v) is 3.28. The number of imidazole rings is 1. The highest BCUT2D eigenvalue weighted by atomic mass is 16.1. The molecular weight excluding hydrogens is 176 g/mol. The van der Waals surface area contributed by atoms with Crippen LogP contribution < -0.4 is 0 Å². The topological polar surface area (TPSA) is 34.4 Å². The maximum atomic E-state index is 10.6. The fourth-order valence-electron chi connectivity index (χ4n) is 1.60. The van der Waals surface area contributed by atoms with Crippen molar-refractivity contribution in [1.82, 2.24) is 9.38 Å². The number of fused-ring (bicyclic) bond motifs is 1. The molecule has 0 aliphatic heterocycles. The monoisotopic (exact) mass is 188 g/mol. The van der Waals surface area contributed by atoms with Crippen LogP contribution in [0.15, 0.2) is 24.4 Å². The van der Waals surface area contributed by atoms with Crippen LogP contribution in [0.3, 0.4) is 0 Å². The summed E-state index contributed by atoms with van der Waals surface area (Å²) < 4.78 is 1.98. The minimum atomic E-state index is 0.494. The number of hydrogen-bond donors (Lipinski definition) is 0. The van der Waals surface area contributed by atoms with Gasteiger partial charge in [0.2, 0.25) is 0 Å². The lowest BCUT2D eigenvalue weighted by atomic mass is 10.2. The first-order valence-electron chi connectivity index (χ1n) is 4.77. The number of aromatic nitrogens is 2. The van der Waals surface area contributed by atoms with Gasteiger partial charge in [-0.2, -0.15) is 0 Å². The molecule has 0 N–H and O–H groups in total. The van der Waals surface area contributed by atoms with Gasteiger partial charge in [-0.1, -0.05) is 19.4 Å². The summed E-state index contributed by atoms with van der Waals surface area (Å²) in [6.07, 6.45) is 4.66. The number of rotatable bonds is 3. The van der Waals surface area contributed by atoms with E-state index >= 15 is 0 Å². The van der Waals surface area contributed by atoms with E-state index in [-0.39, 0.29) is 0 Å². The Labute approximate surface area is 82.4 Å². The number of aryl methyl sites for hydroxylation is 1. The summed E-state index contributed by atoms with van der Waals surface area (Å²) in [5.41, 5.74) is 2.54. The predicted octanol–water partition coefficient (Wildman–Crippen LogP) is 2.10. The summed E-state index contributed by atoms with van der Waals surface area (Å²) in [7, 11) is 0. The number of nitrogens with zero attached hydrogens (tertiary/aromatic N) is 2. The molecule has 0 fully saturated rings. The molecule has 0 spiro atoms. The molecular formula is C11H12N2O. The van der Waals surface area contributed by atoms with Gasteiger partial charge in [0.25, 0.3) is 0 Å². The summed E-state index contributed by atoms with van der Waals surface area (Å²) in [5.74, 6) is 0. The Balaban J connectivity index is 2.60. The van der Waals surface area contributed by atoms with Crippen LogP contribution in [-0.2, 0) is 6.42 Å². The van der Waals surface area contributed by atoms with Gasteiger partial charge in [0.1, 0.15) is 11.3 Å². The fraction of sp³-hybridized carbons (Fsp3) is 0.273. The molecule has 0 radical (unpaired) electrons. The van der Waals surface area contributed by atoms with Crippen molar-refractivity contribution in [2.45, 2.75) is 19.8 Å². The highest BCUT2D eigenvalue weighted by molar-refractivity contribution is 5.73. The van der Waals surface area contributed by atoms with Crippen LogP contribution in [0.5, 0.6) is 0 Å². The van der Waals surface area contributed by atoms with Gasteiger partial charge >= 0.3 is 0 Å². The molecule has 0 amide bonds. The van der Waals surface area contributed by atoms with Gasteiger partial charge in [0.05, 0.1) is 0 Å². The largest absolute Gasteiger partial charge is 0.303 e. The lowest BCUT2D eigenvalue weighted by Crippen LogP contribution is -1.94. The average Bonchev–Trinajstić information content (AvgIpc) is 2.62. The molecule has 3 nitrogen and oxygen atoms in total. The van der Waals surface area contributed by atoms with Crippen molar-refractivity contribution in [3.8, 4) is 0 Å². The number of pyridine rings is 1. The van der Waals surface area contributed by atoms with Crippen LogP contribution >= 0.6 is 0 Å². The zero-order valence-electron chi connectivity index (χ0n) is 8.10. The van der Waals surface area contributed by atoms with E-state index in [1.165, 1.54) is 5.69 Å². The first-order chi connectivity index (χ1) is 6.85. The molecule has 0 bridgehead atoms. The van der Waals surface area contributed by atoms with E-state index in [1.54, 1.807) is 6.20 Å². The van der Waals surface area contributed by atoms with Crippen molar-refractivity contribution in [1.29, 1.82) is 0 Å². The maximum Gasteiger partial charge on any atom is 0.170 e. The molecule has 0 aliphatic rings. The zero-order valence-corrected chi connectivity index (χ0v) is 8.10. The number of hydrogen-bond acceptors (Lipinski definition) is 2. The van der Waals surface area contributed by atoms with E-state index in [0.29, 0.717) is 5.69 Å². The van der Waals surface area contributed by atoms with Crippen molar-refractivity contribution in [3.05, 3.63) is 35.8 Å². The minimum absolute atomic E-state index is 0.494. The first-order valence-corrected chi connectivity index (χ1v) is 4.77. The molecule has 2 aromatic rings. The minimum Gasteiger partial charge on any atom is -0.303 e. The summed E-state index contributed by atoms with van der Waals surface area (Å²) in [4.78, 5) is 14.7. The van der Waals surface area contributed by atoms with E-state index in [2.05, 4.69) is 18.0 Å². The molecule has 0 aliphatic carbocycles. The Morgan fingerprint density at radius 1 is 1.50 bits per heavy atom. The fourth-order valence-corrected chi connectivity index (χ4v) is 1.60. The van der Waals surface area contributed by atoms with E-state index in [0.717, 1.165) is 24.8 Å². The van der Waals surface area contributed by atoms with Crippen molar-refractivity contribution in [2.75, 3.05) is 0 Å². The van der Waals surface area contributed by atoms with Crippen LogP contribution in [0, 0.1) is 0 Å². The normalized spacial score (nSPS) is 10.6. The number of carbonyl (C=O) groups is 1. The van der Waals surface area contributed by atoms with Gasteiger partial charge in [-0.15, -0.1) is 0 Å². The Kier molecular flexibility index (Phi) is 2.31. The maximum absolute atomic E-state index is 10.6. The SMILES string of the molecule is CCCc1cccc2nc(C=O)cn12. The van der Waals surface area contributed by atoms with Crippen LogP contribution in [-0.4, -0.2) is 15.7 Å². The summed E-state index contributed by atoms with van der Waals surface area (Å²) in [6, 6.07) is 5.95. The van der Waals surface area contributed by atoms with Crippen LogP contribution in [0.1, 0.15) is 29.5 Å². The second kappa shape index (κ2) is 3.62. The Morgan fingerprint density at radius 3 is 3.07 bits per heavy atom. The third-order valence-electron chi connectivity index (χ3n) is 2.22. The predicted molar refractivity (Wildman–Crippen MR) is 54.6 cm³/mol. The third kappa shape index (κ3) is 1.41. The lowest BCUT2D eigenvalue weighted by molar-refractivity contribution is 0.111. The molecule has 2 aromatic heterocycles. The van der Waals surface area contributed by atoms with Gasteiger partial charge < -0.3 is 4.40 Å². The number of aldehydes is 1. The second-order valence-electron chi connectivity index (χ2n) is 3.28. The summed E-state index contributed by atoms with van der Waals surface area (Å²) in [6.45, 7) is 2.14. The molecule has 2 rings (SSSR count). The van der Waals surface area contributed by atoms with Gasteiger partial charge in [-0.05, 0) is 18.6 Å². The molecule has 0 saturated heterocycles. The molecule has 0 atom stereocenters. The first kappa shape index (κ1) is 8.94. The van der Waals surface area contributed by atoms with Crippen molar-refractivity contribution >= 4 is 11.9 Å². The Morgan fingerprint density at radius 2 is 2.36 bits per heavy atom. The quantitative estimate of drug-likeness (QED) is 0.691. The van der Waals surface area contributed by atoms with Crippen LogP contribution in [0.4, 0.5) is 0 Å². The highest BCUT2D eigenvalue weighted by Crippen LogP contribution is 2.09. The smallest absolute Gasteiger partial charge is 0.170 e. The molecule has 14 heavy (non-hydrogen) atoms. The van der Waals surface area contributed by atoms with E-state index < -0.39 is 0 Å². The third-order valence-corrected chi connectivity index (χ3v) is 2.22. The van der Waals surface area contributed by atoms with E-state index in [9.17, 15) is 4.79 Å². The zero-order chi connectivity index (χ0) is 9.97. The van der Waals surface area contributed by atoms with Crippen molar-refractivity contribution in [3.63, 3.8) is 0 Å². The molecule has 2 heterocycles. The van der Waals surface area contributed by atoms with Crippen LogP contribution in [0.2, 0.25) is 0 Å². The highest BCUT2D eigenvalue weighted by Gasteiger charge is 2.02. The molecule has 0 saturated carbocycles. The molecule has 0 unspecified atom stereocenters. The van der Waals surface area contributed by atoms with Gasteiger partial charge in [-0.3, -0.25) is 4.79 Å². The summed E-state index contributed by atoms with van der Waals surface area (Å²) in [5, 5.41) is 0. The number of carbonyl (C=O) groups excluding carboxylic acids is 1. The van der Waals surface area contributed by atoms with Crippen molar-refractivity contribution < 1.29 is 4.79 Å². The van der Waals surface area contributed by atoms with E-state index in [4.69, 9.17) is 0 Å². The lowest BCUT2D eigenvalue weighted by Gasteiger charge is -2.01. The molecule has 0 aromatic carbocycles. The Hall–Kier alpha value is -1.64. The molecule has 3 heteroatoms. The average molecular weight is 188 g/mol. The van der Waals surface area contributed by atoms with Gasteiger partial charge in [-0.25, -0.2) is 4.98 Å². The Bertz CT molecular complexity index is 459. The summed E-state index contributed by atoms with van der Waals surface area (Å²) >= 11 is 0. The van der Waals surface area contributed by atoms with E-state index in [1.807, 2.05) is 16.5 Å².